The Hall–Kier alpha value is -0.870. The van der Waals surface area contributed by atoms with Crippen LogP contribution in [0.1, 0.15) is 17.7 Å². The van der Waals surface area contributed by atoms with Crippen LogP contribution in [0.15, 0.2) is 6.20 Å². The third-order valence-electron chi connectivity index (χ3n) is 2.21. The molecule has 0 radical (unpaired) electrons. The molecule has 0 unspecified atom stereocenters. The molecule has 0 aliphatic carbocycles. The van der Waals surface area contributed by atoms with Gasteiger partial charge in [0.15, 0.2) is 0 Å². The highest BCUT2D eigenvalue weighted by Crippen LogP contribution is 2.03. The Labute approximate surface area is 85.7 Å². The third-order valence-corrected chi connectivity index (χ3v) is 2.21. The molecule has 0 aliphatic heterocycles. The summed E-state index contributed by atoms with van der Waals surface area (Å²) in [6, 6.07) is 0. The molecule has 0 bridgehead atoms. The number of aryl methyl sites for hydroxylation is 2. The topological polar surface area (TPSA) is 41.9 Å². The van der Waals surface area contributed by atoms with Crippen molar-refractivity contribution in [1.29, 1.82) is 0 Å². The normalized spacial score (nSPS) is 10.8. The van der Waals surface area contributed by atoms with Crippen molar-refractivity contribution in [3.05, 3.63) is 17.5 Å². The second kappa shape index (κ2) is 5.78. The average molecular weight is 196 g/mol. The van der Waals surface area contributed by atoms with Gasteiger partial charge in [0.25, 0.3) is 0 Å². The fourth-order valence-electron chi connectivity index (χ4n) is 1.44. The Kier molecular flexibility index (Phi) is 4.62. The molecule has 1 aromatic rings. The Morgan fingerprint density at radius 3 is 2.79 bits per heavy atom. The summed E-state index contributed by atoms with van der Waals surface area (Å²) in [5, 5.41) is 10.8. The summed E-state index contributed by atoms with van der Waals surface area (Å²) in [5.41, 5.74) is 2.41. The molecule has 0 spiro atoms. The Morgan fingerprint density at radius 2 is 2.21 bits per heavy atom. The van der Waals surface area contributed by atoms with Crippen LogP contribution in [-0.2, 0) is 13.6 Å². The number of aromatic nitrogens is 2. The summed E-state index contributed by atoms with van der Waals surface area (Å²) in [4.78, 5) is 0. The molecule has 0 fully saturated rings. The molecule has 0 atom stereocenters. The largest absolute Gasteiger partial charge is 0.320 e. The monoisotopic (exact) mass is 196 g/mol. The Morgan fingerprint density at radius 1 is 1.43 bits per heavy atom. The maximum Gasteiger partial charge on any atom is 0.0638 e. The Bertz CT molecular complexity index is 267. The molecular formula is C10H20N4. The number of hydrogen-bond acceptors (Lipinski definition) is 3. The van der Waals surface area contributed by atoms with Crippen LogP contribution in [0.3, 0.4) is 0 Å². The van der Waals surface area contributed by atoms with Gasteiger partial charge >= 0.3 is 0 Å². The lowest BCUT2D eigenvalue weighted by atomic mass is 10.2. The molecule has 1 aromatic heterocycles. The fraction of sp³-hybridized carbons (Fsp3) is 0.700. The van der Waals surface area contributed by atoms with Crippen molar-refractivity contribution in [3.63, 3.8) is 0 Å². The van der Waals surface area contributed by atoms with Gasteiger partial charge in [-0.05, 0) is 33.5 Å². The van der Waals surface area contributed by atoms with Crippen LogP contribution in [0.25, 0.3) is 0 Å². The minimum atomic E-state index is 0.920. The van der Waals surface area contributed by atoms with E-state index in [0.29, 0.717) is 0 Å². The van der Waals surface area contributed by atoms with Gasteiger partial charge in [0.1, 0.15) is 0 Å². The van der Waals surface area contributed by atoms with Gasteiger partial charge < -0.3 is 10.6 Å². The predicted octanol–water partition coefficient (Wildman–Crippen LogP) is 0.428. The maximum absolute atomic E-state index is 4.29. The summed E-state index contributed by atoms with van der Waals surface area (Å²) >= 11 is 0. The lowest BCUT2D eigenvalue weighted by molar-refractivity contribution is 0.624. The molecule has 80 valence electrons. The van der Waals surface area contributed by atoms with Gasteiger partial charge in [-0.2, -0.15) is 5.10 Å². The summed E-state index contributed by atoms with van der Waals surface area (Å²) in [5.74, 6) is 0. The summed E-state index contributed by atoms with van der Waals surface area (Å²) in [7, 11) is 3.93. The molecule has 0 aromatic carbocycles. The van der Waals surface area contributed by atoms with Gasteiger partial charge in [-0.3, -0.25) is 4.68 Å². The van der Waals surface area contributed by atoms with Gasteiger partial charge in [-0.1, -0.05) is 0 Å². The van der Waals surface area contributed by atoms with Gasteiger partial charge in [0, 0.05) is 25.4 Å². The van der Waals surface area contributed by atoms with Crippen LogP contribution in [0.5, 0.6) is 0 Å². The van der Waals surface area contributed by atoms with E-state index in [-0.39, 0.29) is 0 Å². The van der Waals surface area contributed by atoms with Crippen molar-refractivity contribution in [2.75, 3.05) is 20.1 Å². The van der Waals surface area contributed by atoms with Gasteiger partial charge in [-0.25, -0.2) is 0 Å². The van der Waals surface area contributed by atoms with E-state index in [9.17, 15) is 0 Å². The molecule has 0 saturated carbocycles. The first-order chi connectivity index (χ1) is 6.74. The van der Waals surface area contributed by atoms with E-state index in [0.717, 1.165) is 31.7 Å². The van der Waals surface area contributed by atoms with Crippen LogP contribution >= 0.6 is 0 Å². The van der Waals surface area contributed by atoms with Crippen LogP contribution in [-0.4, -0.2) is 29.9 Å². The first-order valence-corrected chi connectivity index (χ1v) is 5.08. The first kappa shape index (κ1) is 11.2. The molecule has 4 nitrogen and oxygen atoms in total. The molecule has 0 aliphatic rings. The van der Waals surface area contributed by atoms with Crippen LogP contribution in [0.2, 0.25) is 0 Å². The molecule has 2 N–H and O–H groups in total. The standard InChI is InChI=1S/C10H20N4/c1-9-10(8-14(3)13-9)7-12-6-4-5-11-2/h8,11-12H,4-7H2,1-3H3. The minimum Gasteiger partial charge on any atom is -0.320 e. The summed E-state index contributed by atoms with van der Waals surface area (Å²) in [6.07, 6.45) is 3.23. The molecular weight excluding hydrogens is 176 g/mol. The zero-order valence-electron chi connectivity index (χ0n) is 9.30. The molecule has 0 saturated heterocycles. The van der Waals surface area contributed by atoms with Gasteiger partial charge in [-0.15, -0.1) is 0 Å². The Balaban J connectivity index is 2.21. The van der Waals surface area contributed by atoms with E-state index in [1.165, 1.54) is 5.56 Å². The van der Waals surface area contributed by atoms with E-state index in [1.807, 2.05) is 25.7 Å². The SMILES string of the molecule is CNCCCNCc1cn(C)nc1C. The number of nitrogens with one attached hydrogen (secondary N) is 2. The van der Waals surface area contributed by atoms with Crippen molar-refractivity contribution in [3.8, 4) is 0 Å². The lowest BCUT2D eigenvalue weighted by Gasteiger charge is -2.02. The smallest absolute Gasteiger partial charge is 0.0638 e. The number of nitrogens with zero attached hydrogens (tertiary/aromatic N) is 2. The van der Waals surface area contributed by atoms with Gasteiger partial charge in [0.05, 0.1) is 5.69 Å². The average Bonchev–Trinajstić information content (AvgIpc) is 2.45. The molecule has 1 heterocycles. The number of rotatable bonds is 6. The van der Waals surface area contributed by atoms with Crippen molar-refractivity contribution in [2.24, 2.45) is 7.05 Å². The van der Waals surface area contributed by atoms with Crippen molar-refractivity contribution in [2.45, 2.75) is 19.9 Å². The number of hydrogen-bond donors (Lipinski definition) is 2. The lowest BCUT2D eigenvalue weighted by Crippen LogP contribution is -2.19. The van der Waals surface area contributed by atoms with Crippen molar-refractivity contribution >= 4 is 0 Å². The second-order valence-electron chi connectivity index (χ2n) is 3.55. The van der Waals surface area contributed by atoms with E-state index >= 15 is 0 Å². The zero-order valence-corrected chi connectivity index (χ0v) is 9.30. The highest BCUT2D eigenvalue weighted by molar-refractivity contribution is 5.14. The van der Waals surface area contributed by atoms with Gasteiger partial charge in [0.2, 0.25) is 0 Å². The van der Waals surface area contributed by atoms with E-state index in [4.69, 9.17) is 0 Å². The highest BCUT2D eigenvalue weighted by Gasteiger charge is 2.01. The fourth-order valence-corrected chi connectivity index (χ4v) is 1.44. The van der Waals surface area contributed by atoms with E-state index in [2.05, 4.69) is 21.9 Å². The predicted molar refractivity (Wildman–Crippen MR) is 58.2 cm³/mol. The van der Waals surface area contributed by atoms with E-state index < -0.39 is 0 Å². The third kappa shape index (κ3) is 3.47. The molecule has 14 heavy (non-hydrogen) atoms. The van der Waals surface area contributed by atoms with Crippen LogP contribution in [0, 0.1) is 6.92 Å². The molecule has 0 amide bonds. The zero-order chi connectivity index (χ0) is 10.4. The van der Waals surface area contributed by atoms with Crippen molar-refractivity contribution < 1.29 is 0 Å². The molecule has 1 rings (SSSR count). The molecule has 4 heteroatoms. The van der Waals surface area contributed by atoms with E-state index in [1.54, 1.807) is 0 Å². The van der Waals surface area contributed by atoms with Crippen LogP contribution in [0.4, 0.5) is 0 Å². The van der Waals surface area contributed by atoms with Crippen LogP contribution < -0.4 is 10.6 Å². The summed E-state index contributed by atoms with van der Waals surface area (Å²) < 4.78 is 1.86. The van der Waals surface area contributed by atoms with Crippen molar-refractivity contribution in [1.82, 2.24) is 20.4 Å². The summed E-state index contributed by atoms with van der Waals surface area (Å²) in [6.45, 7) is 5.09. The minimum absolute atomic E-state index is 0.920. The highest BCUT2D eigenvalue weighted by atomic mass is 15.2. The quantitative estimate of drug-likeness (QED) is 0.648. The maximum atomic E-state index is 4.29. The second-order valence-corrected chi connectivity index (χ2v) is 3.55. The first-order valence-electron chi connectivity index (χ1n) is 5.08.